The highest BCUT2D eigenvalue weighted by Crippen LogP contribution is 2.43. The molecule has 3 atom stereocenters. The van der Waals surface area contributed by atoms with Crippen molar-refractivity contribution in [3.05, 3.63) is 239 Å². The normalized spacial score (nSPS) is 23.1. The number of allylic oxidation sites excluding steroid dienone is 21. The van der Waals surface area contributed by atoms with E-state index in [1.807, 2.05) is 36.2 Å². The molecule has 5 aliphatic rings. The van der Waals surface area contributed by atoms with Crippen LogP contribution in [0.1, 0.15) is 48.0 Å². The largest absolute Gasteiger partial charge is 0.387 e. The minimum atomic E-state index is 0.196. The van der Waals surface area contributed by atoms with Gasteiger partial charge in [-0.2, -0.15) is 0 Å². The lowest BCUT2D eigenvalue weighted by Gasteiger charge is -2.30. The summed E-state index contributed by atoms with van der Waals surface area (Å²) in [7, 11) is 0. The lowest BCUT2D eigenvalue weighted by molar-refractivity contribution is 0.757. The van der Waals surface area contributed by atoms with E-state index in [9.17, 15) is 0 Å². The number of hydrogen-bond donors (Lipinski definition) is 1. The first-order valence-electron chi connectivity index (χ1n) is 20.5. The molecule has 59 heavy (non-hydrogen) atoms. The van der Waals surface area contributed by atoms with E-state index in [1.165, 1.54) is 27.8 Å². The van der Waals surface area contributed by atoms with Crippen LogP contribution in [0.15, 0.2) is 217 Å². The predicted molar refractivity (Wildman–Crippen MR) is 250 cm³/mol. The molecular formula is C54H46N4S. The summed E-state index contributed by atoms with van der Waals surface area (Å²) in [5.74, 6) is 2.64. The summed E-state index contributed by atoms with van der Waals surface area (Å²) in [5, 5.41) is 5.75. The van der Waals surface area contributed by atoms with Gasteiger partial charge in [-0.1, -0.05) is 188 Å². The first-order chi connectivity index (χ1) is 29.2. The van der Waals surface area contributed by atoms with Gasteiger partial charge in [-0.15, -0.1) is 11.8 Å². The molecule has 3 heterocycles. The van der Waals surface area contributed by atoms with E-state index in [4.69, 9.17) is 15.0 Å². The van der Waals surface area contributed by atoms with Crippen molar-refractivity contribution in [2.24, 2.45) is 5.92 Å². The number of benzene rings is 3. The summed E-state index contributed by atoms with van der Waals surface area (Å²) in [6.07, 6.45) is 47.1. The Balaban J connectivity index is 1.01. The van der Waals surface area contributed by atoms with Crippen molar-refractivity contribution in [1.82, 2.24) is 20.3 Å². The first kappa shape index (κ1) is 38.0. The molecule has 4 aromatic rings. The van der Waals surface area contributed by atoms with Crippen LogP contribution in [-0.4, -0.2) is 26.7 Å². The van der Waals surface area contributed by atoms with Crippen molar-refractivity contribution in [2.75, 3.05) is 6.54 Å². The molecule has 3 aromatic carbocycles. The number of nitrogens with one attached hydrogen (secondary N) is 1. The summed E-state index contributed by atoms with van der Waals surface area (Å²) in [4.78, 5) is 15.0. The highest BCUT2D eigenvalue weighted by Gasteiger charge is 2.28. The number of rotatable bonds is 7. The van der Waals surface area contributed by atoms with Gasteiger partial charge in [0.25, 0.3) is 0 Å². The Morgan fingerprint density at radius 2 is 1.49 bits per heavy atom. The number of thioether (sulfide) groups is 1. The minimum absolute atomic E-state index is 0.196. The second-order valence-electron chi connectivity index (χ2n) is 15.0. The lowest BCUT2D eigenvalue weighted by Crippen LogP contribution is -2.18. The fourth-order valence-electron chi connectivity index (χ4n) is 8.00. The maximum atomic E-state index is 5.03. The Morgan fingerprint density at radius 3 is 2.32 bits per heavy atom. The topological polar surface area (TPSA) is 50.7 Å². The Morgan fingerprint density at radius 1 is 0.678 bits per heavy atom. The van der Waals surface area contributed by atoms with Crippen molar-refractivity contribution in [1.29, 1.82) is 0 Å². The Labute approximate surface area is 352 Å². The molecule has 1 aromatic heterocycles. The van der Waals surface area contributed by atoms with Crippen LogP contribution in [0.3, 0.4) is 0 Å². The average Bonchev–Trinajstić information content (AvgIpc) is 3.32. The zero-order valence-electron chi connectivity index (χ0n) is 32.9. The SMILES string of the molecule is C1=CCCC(c2nc(C3=CCC(C4=CC5S/C=C/C(/C=C/C=C\C6=CNCC=C6)=C\C=C\c6ccccc6-c6ccccc6C5C=C4)C=C3)nc(-c3ccccc3)n2)=C1. The van der Waals surface area contributed by atoms with Gasteiger partial charge < -0.3 is 5.32 Å². The standard InChI is InChI=1S/C54H46N4S/c1-3-20-43(21-4-1)52-56-53(44-22-5-2-6-23-44)58-54(57-52)45-30-28-41(29-31-45)46-32-33-50-49-27-12-11-26-48(49)47-25-10-9-19-42(47)24-13-17-39(34-36-59-51(50)37-46)15-7-8-16-40-18-14-35-55-38-40/h1-5,7-22,24-28,30-34,36-38,41,50-51,55H,6,23,29,35H2/b15-7+,16-8-,24-13+,36-34+,39-17-. The minimum Gasteiger partial charge on any atom is -0.387 e. The molecule has 0 radical (unpaired) electrons. The van der Waals surface area contributed by atoms with E-state index in [0.29, 0.717) is 5.82 Å². The van der Waals surface area contributed by atoms with Crippen molar-refractivity contribution in [2.45, 2.75) is 30.4 Å². The van der Waals surface area contributed by atoms with Crippen LogP contribution in [0.25, 0.3) is 39.7 Å². The number of aromatic nitrogens is 3. The molecule has 2 aliphatic heterocycles. The van der Waals surface area contributed by atoms with Gasteiger partial charge in [-0.25, -0.2) is 15.0 Å². The highest BCUT2D eigenvalue weighted by molar-refractivity contribution is 8.02. The molecular weight excluding hydrogens is 737 g/mol. The predicted octanol–water partition coefficient (Wildman–Crippen LogP) is 12.9. The third-order valence-corrected chi connectivity index (χ3v) is 12.1. The van der Waals surface area contributed by atoms with Crippen molar-refractivity contribution in [3.63, 3.8) is 0 Å². The molecule has 0 saturated heterocycles. The monoisotopic (exact) mass is 782 g/mol. The van der Waals surface area contributed by atoms with Gasteiger partial charge in [0.2, 0.25) is 0 Å². The molecule has 0 amide bonds. The molecule has 9 rings (SSSR count). The van der Waals surface area contributed by atoms with Gasteiger partial charge in [-0.05, 0) is 75.3 Å². The fourth-order valence-corrected chi connectivity index (χ4v) is 9.06. The number of hydrogen-bond acceptors (Lipinski definition) is 5. The van der Waals surface area contributed by atoms with Crippen molar-refractivity contribution >= 4 is 29.0 Å². The van der Waals surface area contributed by atoms with E-state index in [0.717, 1.165) is 65.3 Å². The van der Waals surface area contributed by atoms with Crippen LogP contribution >= 0.6 is 11.8 Å². The van der Waals surface area contributed by atoms with E-state index in [-0.39, 0.29) is 17.1 Å². The molecule has 288 valence electrons. The molecule has 5 heteroatoms. The second kappa shape index (κ2) is 18.4. The molecule has 3 aliphatic carbocycles. The average molecular weight is 783 g/mol. The van der Waals surface area contributed by atoms with E-state index in [2.05, 4.69) is 187 Å². The van der Waals surface area contributed by atoms with Gasteiger partial charge in [0.1, 0.15) is 0 Å². The number of nitrogens with zero attached hydrogens (tertiary/aromatic N) is 3. The Bertz CT molecular complexity index is 2620. The van der Waals surface area contributed by atoms with Crippen LogP contribution in [0.5, 0.6) is 0 Å². The summed E-state index contributed by atoms with van der Waals surface area (Å²) in [6.45, 7) is 0.878. The molecule has 0 bridgehead atoms. The van der Waals surface area contributed by atoms with Crippen molar-refractivity contribution in [3.8, 4) is 22.5 Å². The van der Waals surface area contributed by atoms with Gasteiger partial charge in [0.15, 0.2) is 17.5 Å². The van der Waals surface area contributed by atoms with Gasteiger partial charge in [0, 0.05) is 41.0 Å². The second-order valence-corrected chi connectivity index (χ2v) is 16.1. The number of dihydropyridines is 1. The molecule has 1 N–H and O–H groups in total. The van der Waals surface area contributed by atoms with Crippen molar-refractivity contribution < 1.29 is 0 Å². The fraction of sp³-hybridized carbons (Fsp3) is 0.130. The maximum absolute atomic E-state index is 5.03. The zero-order valence-corrected chi connectivity index (χ0v) is 33.8. The van der Waals surface area contributed by atoms with Crippen LogP contribution in [0.2, 0.25) is 0 Å². The van der Waals surface area contributed by atoms with Gasteiger partial charge >= 0.3 is 0 Å². The smallest absolute Gasteiger partial charge is 0.164 e. The third-order valence-electron chi connectivity index (χ3n) is 11.1. The van der Waals surface area contributed by atoms with Gasteiger partial charge in [-0.3, -0.25) is 0 Å². The summed E-state index contributed by atoms with van der Waals surface area (Å²) in [5.41, 5.74) is 11.9. The first-order valence-corrected chi connectivity index (χ1v) is 21.5. The maximum Gasteiger partial charge on any atom is 0.164 e. The van der Waals surface area contributed by atoms with Crippen LogP contribution in [-0.2, 0) is 0 Å². The van der Waals surface area contributed by atoms with Gasteiger partial charge in [0.05, 0.1) is 0 Å². The summed E-state index contributed by atoms with van der Waals surface area (Å²) >= 11 is 1.89. The van der Waals surface area contributed by atoms with Crippen LogP contribution < -0.4 is 5.32 Å². The Kier molecular flexibility index (Phi) is 11.8. The lowest BCUT2D eigenvalue weighted by atomic mass is 9.80. The van der Waals surface area contributed by atoms with E-state index < -0.39 is 0 Å². The molecule has 0 saturated carbocycles. The van der Waals surface area contributed by atoms with Crippen LogP contribution in [0.4, 0.5) is 0 Å². The zero-order chi connectivity index (χ0) is 39.6. The molecule has 3 unspecified atom stereocenters. The summed E-state index contributed by atoms with van der Waals surface area (Å²) < 4.78 is 0. The molecule has 0 spiro atoms. The van der Waals surface area contributed by atoms with Crippen LogP contribution in [0, 0.1) is 5.92 Å². The Hall–Kier alpha value is -6.56. The quantitative estimate of drug-likeness (QED) is 0.189. The van der Waals surface area contributed by atoms with E-state index in [1.54, 1.807) is 0 Å². The molecule has 4 nitrogen and oxygen atoms in total. The molecule has 0 fully saturated rings. The third kappa shape index (κ3) is 9.12. The van der Waals surface area contributed by atoms with E-state index >= 15 is 0 Å². The highest BCUT2D eigenvalue weighted by atomic mass is 32.2. The number of fused-ring (bicyclic) bond motifs is 5. The summed E-state index contributed by atoms with van der Waals surface area (Å²) in [6, 6.07) is 27.9.